The van der Waals surface area contributed by atoms with Crippen molar-refractivity contribution in [2.75, 3.05) is 7.05 Å². The van der Waals surface area contributed by atoms with E-state index in [4.69, 9.17) is 0 Å². The fraction of sp³-hybridized carbons (Fsp3) is 0.364. The van der Waals surface area contributed by atoms with Crippen LogP contribution < -0.4 is 5.32 Å². The van der Waals surface area contributed by atoms with Gasteiger partial charge in [-0.05, 0) is 26.1 Å². The van der Waals surface area contributed by atoms with Crippen molar-refractivity contribution in [2.24, 2.45) is 0 Å². The number of rotatable bonds is 3. The summed E-state index contributed by atoms with van der Waals surface area (Å²) in [6.07, 6.45) is 0. The van der Waals surface area contributed by atoms with Crippen molar-refractivity contribution in [1.29, 1.82) is 0 Å². The lowest BCUT2D eigenvalue weighted by molar-refractivity contribution is 0.604. The molecule has 0 saturated heterocycles. The van der Waals surface area contributed by atoms with Crippen LogP contribution in [0.3, 0.4) is 0 Å². The van der Waals surface area contributed by atoms with E-state index in [0.29, 0.717) is 11.9 Å². The molecule has 0 fully saturated rings. The molecule has 0 spiro atoms. The van der Waals surface area contributed by atoms with Gasteiger partial charge in [-0.1, -0.05) is 6.07 Å². The Bertz CT molecular complexity index is 476. The molecular formula is C11H14FN3. The average molecular weight is 207 g/mol. The Morgan fingerprint density at radius 1 is 1.47 bits per heavy atom. The van der Waals surface area contributed by atoms with Gasteiger partial charge in [-0.15, -0.1) is 0 Å². The lowest BCUT2D eigenvalue weighted by Crippen LogP contribution is -2.11. The summed E-state index contributed by atoms with van der Waals surface area (Å²) in [5.41, 5.74) is 1.63. The molecule has 1 aromatic carbocycles. The summed E-state index contributed by atoms with van der Waals surface area (Å²) in [5, 5.41) is 8.02. The quantitative estimate of drug-likeness (QED) is 0.833. The van der Waals surface area contributed by atoms with Crippen molar-refractivity contribution in [3.8, 4) is 0 Å². The van der Waals surface area contributed by atoms with Crippen LogP contribution in [0.25, 0.3) is 10.9 Å². The van der Waals surface area contributed by atoms with Gasteiger partial charge in [0.05, 0.1) is 16.6 Å². The van der Waals surface area contributed by atoms with Crippen LogP contribution in [0.15, 0.2) is 18.2 Å². The van der Waals surface area contributed by atoms with Crippen molar-refractivity contribution in [3.05, 3.63) is 29.7 Å². The summed E-state index contributed by atoms with van der Waals surface area (Å²) >= 11 is 0. The molecule has 4 heteroatoms. The van der Waals surface area contributed by atoms with E-state index in [-0.39, 0.29) is 5.82 Å². The smallest absolute Gasteiger partial charge is 0.134 e. The second-order valence-corrected chi connectivity index (χ2v) is 3.43. The predicted octanol–water partition coefficient (Wildman–Crippen LogP) is 1.91. The summed E-state index contributed by atoms with van der Waals surface area (Å²) in [7, 11) is 1.85. The number of halogens is 1. The lowest BCUT2D eigenvalue weighted by atomic mass is 10.2. The van der Waals surface area contributed by atoms with E-state index in [1.165, 1.54) is 6.07 Å². The molecule has 0 radical (unpaired) electrons. The van der Waals surface area contributed by atoms with Crippen molar-refractivity contribution in [1.82, 2.24) is 15.1 Å². The number of aromatic nitrogens is 2. The summed E-state index contributed by atoms with van der Waals surface area (Å²) < 4.78 is 15.5. The summed E-state index contributed by atoms with van der Waals surface area (Å²) in [6.45, 7) is 3.39. The van der Waals surface area contributed by atoms with Crippen molar-refractivity contribution in [2.45, 2.75) is 20.0 Å². The molecule has 0 aliphatic rings. The Labute approximate surface area is 87.9 Å². The van der Waals surface area contributed by atoms with Crippen LogP contribution in [0.1, 0.15) is 12.6 Å². The predicted molar refractivity (Wildman–Crippen MR) is 58.1 cm³/mol. The Balaban J connectivity index is 2.70. The number of nitrogens with zero attached hydrogens (tertiary/aromatic N) is 2. The van der Waals surface area contributed by atoms with Crippen LogP contribution >= 0.6 is 0 Å². The Kier molecular flexibility index (Phi) is 2.68. The lowest BCUT2D eigenvalue weighted by Gasteiger charge is -2.03. The molecule has 1 aromatic heterocycles. The van der Waals surface area contributed by atoms with Crippen LogP contribution in [0.5, 0.6) is 0 Å². The SMILES string of the molecule is CCn1nc2cccc(F)c2c1CNC. The van der Waals surface area contributed by atoms with Crippen molar-refractivity contribution in [3.63, 3.8) is 0 Å². The van der Waals surface area contributed by atoms with Gasteiger partial charge in [0.25, 0.3) is 0 Å². The van der Waals surface area contributed by atoms with Gasteiger partial charge in [0.2, 0.25) is 0 Å². The van der Waals surface area contributed by atoms with E-state index in [0.717, 1.165) is 17.8 Å². The highest BCUT2D eigenvalue weighted by Gasteiger charge is 2.12. The van der Waals surface area contributed by atoms with Crippen LogP contribution in [0.4, 0.5) is 4.39 Å². The Hall–Kier alpha value is -1.42. The van der Waals surface area contributed by atoms with Gasteiger partial charge < -0.3 is 5.32 Å². The third kappa shape index (κ3) is 1.61. The third-order valence-electron chi connectivity index (χ3n) is 2.46. The number of aryl methyl sites for hydroxylation is 1. The molecule has 0 aliphatic heterocycles. The molecule has 0 aliphatic carbocycles. The molecule has 1 heterocycles. The highest BCUT2D eigenvalue weighted by Crippen LogP contribution is 2.21. The molecule has 80 valence electrons. The van der Waals surface area contributed by atoms with Gasteiger partial charge in [-0.2, -0.15) is 5.10 Å². The molecule has 1 N–H and O–H groups in total. The summed E-state index contributed by atoms with van der Waals surface area (Å²) in [6, 6.07) is 5.00. The molecular weight excluding hydrogens is 193 g/mol. The molecule has 0 bridgehead atoms. The second-order valence-electron chi connectivity index (χ2n) is 3.43. The molecule has 2 aromatic rings. The van der Waals surface area contributed by atoms with Crippen molar-refractivity contribution >= 4 is 10.9 Å². The standard InChI is InChI=1S/C11H14FN3/c1-3-15-10(7-13-2)11-8(12)5-4-6-9(11)14-15/h4-6,13H,3,7H2,1-2H3. The van der Waals surface area contributed by atoms with E-state index < -0.39 is 0 Å². The Morgan fingerprint density at radius 3 is 2.93 bits per heavy atom. The fourth-order valence-corrected chi connectivity index (χ4v) is 1.81. The molecule has 0 unspecified atom stereocenters. The van der Waals surface area contributed by atoms with Gasteiger partial charge in [0, 0.05) is 13.1 Å². The number of benzene rings is 1. The topological polar surface area (TPSA) is 29.9 Å². The normalized spacial score (nSPS) is 11.1. The molecule has 0 saturated carbocycles. The van der Waals surface area contributed by atoms with Crippen LogP contribution in [0.2, 0.25) is 0 Å². The van der Waals surface area contributed by atoms with Crippen molar-refractivity contribution < 1.29 is 4.39 Å². The first kappa shape index (κ1) is 10.1. The van der Waals surface area contributed by atoms with Crippen LogP contribution in [-0.4, -0.2) is 16.8 Å². The maximum absolute atomic E-state index is 13.6. The van der Waals surface area contributed by atoms with E-state index in [9.17, 15) is 4.39 Å². The number of hydrogen-bond acceptors (Lipinski definition) is 2. The van der Waals surface area contributed by atoms with Gasteiger partial charge in [-0.3, -0.25) is 4.68 Å². The summed E-state index contributed by atoms with van der Waals surface area (Å²) in [5.74, 6) is -0.197. The fourth-order valence-electron chi connectivity index (χ4n) is 1.81. The highest BCUT2D eigenvalue weighted by molar-refractivity contribution is 5.82. The number of fused-ring (bicyclic) bond motifs is 1. The number of hydrogen-bond donors (Lipinski definition) is 1. The van der Waals surface area contributed by atoms with E-state index in [2.05, 4.69) is 10.4 Å². The maximum atomic E-state index is 13.6. The van der Waals surface area contributed by atoms with Crippen LogP contribution in [0, 0.1) is 5.82 Å². The van der Waals surface area contributed by atoms with Gasteiger partial charge >= 0.3 is 0 Å². The monoisotopic (exact) mass is 207 g/mol. The second kappa shape index (κ2) is 3.98. The van der Waals surface area contributed by atoms with Crippen LogP contribution in [-0.2, 0) is 13.1 Å². The zero-order valence-corrected chi connectivity index (χ0v) is 8.92. The average Bonchev–Trinajstić information content (AvgIpc) is 2.58. The molecule has 15 heavy (non-hydrogen) atoms. The molecule has 3 nitrogen and oxygen atoms in total. The zero-order valence-electron chi connectivity index (χ0n) is 8.92. The molecule has 0 amide bonds. The zero-order chi connectivity index (χ0) is 10.8. The van der Waals surface area contributed by atoms with E-state index >= 15 is 0 Å². The Morgan fingerprint density at radius 2 is 2.27 bits per heavy atom. The highest BCUT2D eigenvalue weighted by atomic mass is 19.1. The van der Waals surface area contributed by atoms with Gasteiger partial charge in [-0.25, -0.2) is 4.39 Å². The first-order chi connectivity index (χ1) is 7.27. The minimum absolute atomic E-state index is 0.197. The van der Waals surface area contributed by atoms with Gasteiger partial charge in [0.15, 0.2) is 0 Å². The number of nitrogens with one attached hydrogen (secondary N) is 1. The maximum Gasteiger partial charge on any atom is 0.134 e. The summed E-state index contributed by atoms with van der Waals surface area (Å²) in [4.78, 5) is 0. The third-order valence-corrected chi connectivity index (χ3v) is 2.46. The van der Waals surface area contributed by atoms with Gasteiger partial charge in [0.1, 0.15) is 5.82 Å². The van der Waals surface area contributed by atoms with E-state index in [1.807, 2.05) is 24.7 Å². The van der Waals surface area contributed by atoms with E-state index in [1.54, 1.807) is 6.07 Å². The first-order valence-electron chi connectivity index (χ1n) is 5.06. The molecule has 2 rings (SSSR count). The first-order valence-corrected chi connectivity index (χ1v) is 5.06. The minimum Gasteiger partial charge on any atom is -0.314 e. The minimum atomic E-state index is -0.197. The molecule has 0 atom stereocenters. The largest absolute Gasteiger partial charge is 0.314 e.